The molecule has 4 unspecified atom stereocenters. The molecule has 0 radical (unpaired) electrons. The summed E-state index contributed by atoms with van der Waals surface area (Å²) in [5, 5.41) is 0.998. The van der Waals surface area contributed by atoms with E-state index in [2.05, 4.69) is 45.8 Å². The first kappa shape index (κ1) is 42.3. The van der Waals surface area contributed by atoms with Gasteiger partial charge in [0.2, 0.25) is 0 Å². The number of Topliss-reactive ketones (excluding diaryl/α,β-unsaturated/α-hetero) is 1. The number of carbonyl (C=O) groups excluding carboxylic acids is 2. The van der Waals surface area contributed by atoms with Crippen molar-refractivity contribution in [2.24, 2.45) is 23.7 Å². The predicted molar refractivity (Wildman–Crippen MR) is 210 cm³/mol. The number of likely N-dealkylation sites (N-methyl/N-ethyl adjacent to an activating group) is 1. The van der Waals surface area contributed by atoms with Gasteiger partial charge in [-0.2, -0.15) is 0 Å². The van der Waals surface area contributed by atoms with Gasteiger partial charge in [0.25, 0.3) is 0 Å². The number of ketones is 1. The number of cyclic esters (lactones) is 1. The zero-order valence-corrected chi connectivity index (χ0v) is 36.0. The molecule has 3 aliphatic carbocycles. The van der Waals surface area contributed by atoms with Gasteiger partial charge in [-0.05, 0) is 104 Å². The number of rotatable bonds is 9. The Morgan fingerprint density at radius 1 is 0.893 bits per heavy atom. The Morgan fingerprint density at radius 2 is 1.64 bits per heavy atom. The van der Waals surface area contributed by atoms with Crippen LogP contribution >= 0.6 is 11.3 Å². The van der Waals surface area contributed by atoms with Crippen molar-refractivity contribution in [3.8, 4) is 0 Å². The number of aryl methyl sites for hydroxylation is 1. The Balaban J connectivity index is 1.18. The average Bonchev–Trinajstić information content (AvgIpc) is 3.87. The summed E-state index contributed by atoms with van der Waals surface area (Å²) < 4.78 is 50.1. The average molecular weight is 803 g/mol. The van der Waals surface area contributed by atoms with Gasteiger partial charge in [0.15, 0.2) is 18.4 Å². The second-order valence-electron chi connectivity index (χ2n) is 17.5. The highest BCUT2D eigenvalue weighted by Gasteiger charge is 2.57. The van der Waals surface area contributed by atoms with E-state index in [0.717, 1.165) is 61.2 Å². The second kappa shape index (κ2) is 17.8. The fraction of sp³-hybridized carbons (Fsp3) is 0.837. The molecule has 1 saturated carbocycles. The van der Waals surface area contributed by atoms with Crippen LogP contribution in [0.3, 0.4) is 0 Å². The van der Waals surface area contributed by atoms with Gasteiger partial charge in [0.05, 0.1) is 41.5 Å². The molecular formula is C43H66N2O10S. The number of carbonyl (C=O) groups is 2. The third-order valence-electron chi connectivity index (χ3n) is 14.0. The van der Waals surface area contributed by atoms with Gasteiger partial charge in [-0.25, -0.2) is 4.98 Å². The summed E-state index contributed by atoms with van der Waals surface area (Å²) in [4.78, 5) is 37.4. The minimum absolute atomic E-state index is 0.0231. The van der Waals surface area contributed by atoms with Crippen molar-refractivity contribution in [1.82, 2.24) is 9.88 Å². The maximum Gasteiger partial charge on any atom is 0.306 e. The fourth-order valence-electron chi connectivity index (χ4n) is 11.2. The van der Waals surface area contributed by atoms with Crippen molar-refractivity contribution >= 4 is 23.1 Å². The molecule has 314 valence electrons. The number of allylic oxidation sites excluding steroid dienone is 2. The van der Waals surface area contributed by atoms with Crippen LogP contribution in [0.5, 0.6) is 0 Å². The Kier molecular flexibility index (Phi) is 13.5. The SMILES string of the molecule is CC[C@H]1CCC[C@H](O[C@H]2CC[C@H](N(C)C)C(C)O2)[C@@H](C)C(=O)C2=C[C@H]3[C@@H]4C[C@H](O[C@@H]5OC(C)[C@H](OC)C(OC)C5OC)C[C@H]4c4sc(C)nc4[C@H]3[C@@H]2CC(=O)O1. The van der Waals surface area contributed by atoms with E-state index in [-0.39, 0.29) is 96.8 Å². The summed E-state index contributed by atoms with van der Waals surface area (Å²) >= 11 is 1.75. The minimum Gasteiger partial charge on any atom is -0.462 e. The Bertz CT molecular complexity index is 1570. The van der Waals surface area contributed by atoms with E-state index < -0.39 is 18.3 Å². The lowest BCUT2D eigenvalue weighted by Gasteiger charge is -2.44. The van der Waals surface area contributed by atoms with E-state index >= 15 is 0 Å². The number of methoxy groups -OCH3 is 3. The van der Waals surface area contributed by atoms with Crippen LogP contribution in [-0.4, -0.2) is 125 Å². The van der Waals surface area contributed by atoms with E-state index in [1.54, 1.807) is 32.7 Å². The van der Waals surface area contributed by atoms with Crippen molar-refractivity contribution in [3.05, 3.63) is 27.2 Å². The van der Waals surface area contributed by atoms with Crippen LogP contribution in [0.1, 0.15) is 113 Å². The molecule has 0 N–H and O–H groups in total. The quantitative estimate of drug-likeness (QED) is 0.259. The van der Waals surface area contributed by atoms with Gasteiger partial charge in [-0.15, -0.1) is 11.3 Å². The summed E-state index contributed by atoms with van der Waals surface area (Å²) in [5.41, 5.74) is 1.77. The maximum atomic E-state index is 15.0. The van der Waals surface area contributed by atoms with Crippen molar-refractivity contribution in [1.29, 1.82) is 0 Å². The van der Waals surface area contributed by atoms with E-state index in [9.17, 15) is 9.59 Å². The topological polar surface area (TPSA) is 124 Å². The van der Waals surface area contributed by atoms with Gasteiger partial charge in [-0.1, -0.05) is 19.9 Å². The molecule has 1 aromatic rings. The van der Waals surface area contributed by atoms with Crippen LogP contribution in [0.2, 0.25) is 0 Å². The van der Waals surface area contributed by atoms with Crippen LogP contribution in [0, 0.1) is 30.6 Å². The number of esters is 1. The highest BCUT2D eigenvalue weighted by molar-refractivity contribution is 7.11. The van der Waals surface area contributed by atoms with Crippen molar-refractivity contribution in [3.63, 3.8) is 0 Å². The normalized spacial score (nSPS) is 43.2. The second-order valence-corrected chi connectivity index (χ2v) is 18.7. The Labute approximate surface area is 337 Å². The summed E-state index contributed by atoms with van der Waals surface area (Å²) in [6.07, 6.45) is 5.75. The Morgan fingerprint density at radius 3 is 2.32 bits per heavy atom. The number of aromatic nitrogens is 1. The number of hydrogen-bond acceptors (Lipinski definition) is 13. The first-order chi connectivity index (χ1) is 26.9. The molecule has 4 heterocycles. The largest absolute Gasteiger partial charge is 0.462 e. The molecular weight excluding hydrogens is 737 g/mol. The lowest BCUT2D eigenvalue weighted by Crippen LogP contribution is -2.59. The van der Waals surface area contributed by atoms with E-state index in [0.29, 0.717) is 12.5 Å². The minimum atomic E-state index is -0.627. The third kappa shape index (κ3) is 8.19. The van der Waals surface area contributed by atoms with Crippen LogP contribution < -0.4 is 0 Å². The van der Waals surface area contributed by atoms with Gasteiger partial charge in [0, 0.05) is 55.9 Å². The molecule has 7 rings (SSSR count). The van der Waals surface area contributed by atoms with Crippen LogP contribution in [0.15, 0.2) is 11.6 Å². The lowest BCUT2D eigenvalue weighted by atomic mass is 9.67. The van der Waals surface area contributed by atoms with Gasteiger partial charge >= 0.3 is 5.97 Å². The fourth-order valence-corrected chi connectivity index (χ4v) is 12.4. The standard InChI is InChI=1S/C43H66N2O10S/c1-11-25-13-12-14-33(55-35-16-15-32(45(6)7)22(3)51-35)21(2)38(47)30-19-28-27-17-26(54-43-41(50-10)40(49-9)39(48-8)23(4)52-43)18-31(27)42-37(44-24(5)56-42)36(28)29(30)20-34(46)53-25/h19,21-23,25-29,31-33,35-36,39-41,43H,11-18,20H2,1-10H3/t21-,22?,23?,25+,26+,27+,28+,29-,31-,32+,33+,35+,36-,39+,40?,41?,43+/m1/s1. The smallest absolute Gasteiger partial charge is 0.306 e. The molecule has 0 amide bonds. The maximum absolute atomic E-state index is 15.0. The molecule has 0 spiro atoms. The van der Waals surface area contributed by atoms with E-state index in [4.69, 9.17) is 42.9 Å². The number of fused-ring (bicyclic) bond motifs is 8. The lowest BCUT2D eigenvalue weighted by molar-refractivity contribution is -0.314. The molecule has 6 aliphatic rings. The Hall–Kier alpha value is -1.81. The molecule has 3 aliphatic heterocycles. The number of thiazole rings is 1. The van der Waals surface area contributed by atoms with Crippen molar-refractivity contribution < 1.29 is 47.5 Å². The van der Waals surface area contributed by atoms with Crippen molar-refractivity contribution in [2.45, 2.75) is 172 Å². The first-order valence-electron chi connectivity index (χ1n) is 21.2. The van der Waals surface area contributed by atoms with E-state index in [1.807, 2.05) is 13.8 Å². The zero-order valence-electron chi connectivity index (χ0n) is 35.1. The summed E-state index contributed by atoms with van der Waals surface area (Å²) in [6, 6.07) is 0.326. The molecule has 17 atom stereocenters. The summed E-state index contributed by atoms with van der Waals surface area (Å²) in [6.45, 7) is 10.2. The van der Waals surface area contributed by atoms with Gasteiger partial charge in [-0.3, -0.25) is 9.59 Å². The predicted octanol–water partition coefficient (Wildman–Crippen LogP) is 6.33. The van der Waals surface area contributed by atoms with Crippen LogP contribution in [0.25, 0.3) is 0 Å². The zero-order chi connectivity index (χ0) is 40.0. The summed E-state index contributed by atoms with van der Waals surface area (Å²) in [5.74, 6) is -0.564. The molecule has 13 heteroatoms. The third-order valence-corrected chi connectivity index (χ3v) is 15.1. The highest BCUT2D eigenvalue weighted by Crippen LogP contribution is 2.62. The molecule has 0 aromatic carbocycles. The molecule has 12 nitrogen and oxygen atoms in total. The molecule has 3 saturated heterocycles. The monoisotopic (exact) mass is 802 g/mol. The highest BCUT2D eigenvalue weighted by atomic mass is 32.1. The van der Waals surface area contributed by atoms with Crippen molar-refractivity contribution in [2.75, 3.05) is 35.4 Å². The molecule has 56 heavy (non-hydrogen) atoms. The summed E-state index contributed by atoms with van der Waals surface area (Å²) in [7, 11) is 9.16. The van der Waals surface area contributed by atoms with Crippen LogP contribution in [-0.2, 0) is 47.5 Å². The van der Waals surface area contributed by atoms with Gasteiger partial charge in [0.1, 0.15) is 24.4 Å². The molecule has 1 aromatic heterocycles. The van der Waals surface area contributed by atoms with E-state index in [1.165, 1.54) is 4.88 Å². The molecule has 4 fully saturated rings. The van der Waals surface area contributed by atoms with Crippen LogP contribution in [0.4, 0.5) is 0 Å². The number of hydrogen-bond donors (Lipinski definition) is 0. The number of ether oxygens (including phenoxy) is 8. The first-order valence-corrected chi connectivity index (χ1v) is 22.0. The number of nitrogens with zero attached hydrogens (tertiary/aromatic N) is 2. The molecule has 0 bridgehead atoms. The van der Waals surface area contributed by atoms with Gasteiger partial charge < -0.3 is 42.8 Å².